The smallest absolute Gasteiger partial charge is 0.335 e. The minimum absolute atomic E-state index is 0.0237. The summed E-state index contributed by atoms with van der Waals surface area (Å²) in [5.41, 5.74) is -0.0996. The second-order valence-corrected chi connectivity index (χ2v) is 4.78. The molecule has 0 aliphatic heterocycles. The second-order valence-electron chi connectivity index (χ2n) is 3.97. The SMILES string of the molecule is O=C(O)c1cc(Cl)c(NC(=O)c2cncc(F)c2)c(Cl)c1. The van der Waals surface area contributed by atoms with Crippen LogP contribution < -0.4 is 5.32 Å². The summed E-state index contributed by atoms with van der Waals surface area (Å²) in [5.74, 6) is -2.54. The van der Waals surface area contributed by atoms with Gasteiger partial charge in [-0.05, 0) is 18.2 Å². The quantitative estimate of drug-likeness (QED) is 0.904. The van der Waals surface area contributed by atoms with E-state index in [1.807, 2.05) is 0 Å². The van der Waals surface area contributed by atoms with E-state index in [9.17, 15) is 14.0 Å². The number of nitrogens with one attached hydrogen (secondary N) is 1. The average Bonchev–Trinajstić information content (AvgIpc) is 2.42. The minimum Gasteiger partial charge on any atom is -0.478 e. The van der Waals surface area contributed by atoms with Crippen LogP contribution in [-0.4, -0.2) is 22.0 Å². The Balaban J connectivity index is 2.32. The van der Waals surface area contributed by atoms with Crippen LogP contribution in [-0.2, 0) is 0 Å². The molecule has 0 saturated carbocycles. The van der Waals surface area contributed by atoms with Crippen molar-refractivity contribution in [1.82, 2.24) is 4.98 Å². The fraction of sp³-hybridized carbons (Fsp3) is 0. The highest BCUT2D eigenvalue weighted by molar-refractivity contribution is 6.40. The number of anilines is 1. The Bertz CT molecular complexity index is 714. The molecule has 0 aliphatic carbocycles. The van der Waals surface area contributed by atoms with E-state index in [-0.39, 0.29) is 26.9 Å². The summed E-state index contributed by atoms with van der Waals surface area (Å²) in [4.78, 5) is 26.3. The van der Waals surface area contributed by atoms with Crippen LogP contribution in [0.15, 0.2) is 30.6 Å². The van der Waals surface area contributed by atoms with Gasteiger partial charge in [-0.3, -0.25) is 9.78 Å². The minimum atomic E-state index is -1.20. The Morgan fingerprint density at radius 2 is 1.71 bits per heavy atom. The number of carbonyl (C=O) groups excluding carboxylic acids is 1. The lowest BCUT2D eigenvalue weighted by Gasteiger charge is -2.10. The molecule has 1 aromatic carbocycles. The Morgan fingerprint density at radius 3 is 2.24 bits per heavy atom. The van der Waals surface area contributed by atoms with E-state index in [0.717, 1.165) is 24.4 Å². The van der Waals surface area contributed by atoms with Gasteiger partial charge >= 0.3 is 5.97 Å². The summed E-state index contributed by atoms with van der Waals surface area (Å²) in [6.07, 6.45) is 2.13. The first-order chi connectivity index (χ1) is 9.88. The van der Waals surface area contributed by atoms with Gasteiger partial charge in [0, 0.05) is 6.20 Å². The summed E-state index contributed by atoms with van der Waals surface area (Å²) in [7, 11) is 0. The predicted octanol–water partition coefficient (Wildman–Crippen LogP) is 3.48. The number of amides is 1. The first-order valence-corrected chi connectivity index (χ1v) is 6.28. The number of hydrogen-bond acceptors (Lipinski definition) is 3. The van der Waals surface area contributed by atoms with Crippen molar-refractivity contribution in [2.45, 2.75) is 0 Å². The molecule has 0 spiro atoms. The van der Waals surface area contributed by atoms with Gasteiger partial charge in [0.15, 0.2) is 0 Å². The van der Waals surface area contributed by atoms with Crippen molar-refractivity contribution in [1.29, 1.82) is 0 Å². The molecule has 0 radical (unpaired) electrons. The zero-order valence-electron chi connectivity index (χ0n) is 10.2. The number of benzene rings is 1. The number of nitrogens with zero attached hydrogens (tertiary/aromatic N) is 1. The van der Waals surface area contributed by atoms with Crippen LogP contribution in [0.5, 0.6) is 0 Å². The number of carbonyl (C=O) groups is 2. The Kier molecular flexibility index (Phi) is 4.40. The fourth-order valence-electron chi connectivity index (χ4n) is 1.54. The van der Waals surface area contributed by atoms with Crippen molar-refractivity contribution >= 4 is 40.8 Å². The molecular formula is C13H7Cl2FN2O3. The highest BCUT2D eigenvalue weighted by atomic mass is 35.5. The third-order valence-electron chi connectivity index (χ3n) is 2.49. The summed E-state index contributed by atoms with van der Waals surface area (Å²) in [6.45, 7) is 0. The van der Waals surface area contributed by atoms with E-state index in [1.165, 1.54) is 6.20 Å². The summed E-state index contributed by atoms with van der Waals surface area (Å²) in [6, 6.07) is 3.29. The van der Waals surface area contributed by atoms with Crippen LogP contribution >= 0.6 is 23.2 Å². The number of halogens is 3. The van der Waals surface area contributed by atoms with E-state index in [0.29, 0.717) is 0 Å². The normalized spacial score (nSPS) is 10.2. The van der Waals surface area contributed by atoms with Gasteiger partial charge < -0.3 is 10.4 Å². The maximum absolute atomic E-state index is 13.0. The molecule has 1 amide bonds. The van der Waals surface area contributed by atoms with Gasteiger partial charge in [-0.25, -0.2) is 9.18 Å². The van der Waals surface area contributed by atoms with E-state index in [1.54, 1.807) is 0 Å². The van der Waals surface area contributed by atoms with E-state index < -0.39 is 17.7 Å². The van der Waals surface area contributed by atoms with Gasteiger partial charge in [-0.2, -0.15) is 0 Å². The van der Waals surface area contributed by atoms with Gasteiger partial charge in [-0.1, -0.05) is 23.2 Å². The molecule has 0 aliphatic rings. The van der Waals surface area contributed by atoms with Crippen LogP contribution in [0.2, 0.25) is 10.0 Å². The lowest BCUT2D eigenvalue weighted by Crippen LogP contribution is -2.13. The molecule has 0 unspecified atom stereocenters. The van der Waals surface area contributed by atoms with Crippen LogP contribution in [0.4, 0.5) is 10.1 Å². The van der Waals surface area contributed by atoms with Crippen LogP contribution in [0.3, 0.4) is 0 Å². The van der Waals surface area contributed by atoms with Crippen molar-refractivity contribution < 1.29 is 19.1 Å². The molecule has 21 heavy (non-hydrogen) atoms. The van der Waals surface area contributed by atoms with Gasteiger partial charge in [0.2, 0.25) is 0 Å². The molecule has 2 N–H and O–H groups in total. The first-order valence-electron chi connectivity index (χ1n) is 5.52. The molecule has 5 nitrogen and oxygen atoms in total. The highest BCUT2D eigenvalue weighted by Gasteiger charge is 2.15. The van der Waals surface area contributed by atoms with Crippen LogP contribution in [0.1, 0.15) is 20.7 Å². The third-order valence-corrected chi connectivity index (χ3v) is 3.09. The van der Waals surface area contributed by atoms with Crippen molar-refractivity contribution in [3.8, 4) is 0 Å². The molecule has 0 fully saturated rings. The Labute approximate surface area is 128 Å². The largest absolute Gasteiger partial charge is 0.478 e. The molecule has 1 aromatic heterocycles. The van der Waals surface area contributed by atoms with E-state index in [4.69, 9.17) is 28.3 Å². The highest BCUT2D eigenvalue weighted by Crippen LogP contribution is 2.32. The number of aromatic carboxylic acids is 1. The average molecular weight is 329 g/mol. The van der Waals surface area contributed by atoms with Crippen molar-refractivity contribution in [2.24, 2.45) is 0 Å². The van der Waals surface area contributed by atoms with Crippen LogP contribution in [0, 0.1) is 5.82 Å². The van der Waals surface area contributed by atoms with E-state index >= 15 is 0 Å². The zero-order valence-corrected chi connectivity index (χ0v) is 11.7. The van der Waals surface area contributed by atoms with Gasteiger partial charge in [0.05, 0.1) is 33.1 Å². The number of hydrogen-bond donors (Lipinski definition) is 2. The Morgan fingerprint density at radius 1 is 1.10 bits per heavy atom. The summed E-state index contributed by atoms with van der Waals surface area (Å²) in [5, 5.41) is 11.2. The predicted molar refractivity (Wildman–Crippen MR) is 75.6 cm³/mol. The molecule has 2 aromatic rings. The standard InChI is InChI=1S/C13H7Cl2FN2O3/c14-9-2-6(13(20)21)3-10(15)11(9)18-12(19)7-1-8(16)5-17-4-7/h1-5H,(H,18,19)(H,20,21). The maximum atomic E-state index is 13.0. The summed E-state index contributed by atoms with van der Waals surface area (Å²) < 4.78 is 13.0. The number of aromatic nitrogens is 1. The third kappa shape index (κ3) is 3.48. The van der Waals surface area contributed by atoms with Crippen molar-refractivity contribution in [3.05, 3.63) is 57.6 Å². The maximum Gasteiger partial charge on any atom is 0.335 e. The molecule has 0 saturated heterocycles. The van der Waals surface area contributed by atoms with Crippen LogP contribution in [0.25, 0.3) is 0 Å². The van der Waals surface area contributed by atoms with Crippen molar-refractivity contribution in [3.63, 3.8) is 0 Å². The molecule has 1 heterocycles. The zero-order chi connectivity index (χ0) is 15.6. The van der Waals surface area contributed by atoms with Gasteiger partial charge in [-0.15, -0.1) is 0 Å². The lowest BCUT2D eigenvalue weighted by atomic mass is 10.2. The lowest BCUT2D eigenvalue weighted by molar-refractivity contribution is 0.0696. The molecule has 0 atom stereocenters. The first kappa shape index (κ1) is 15.2. The number of rotatable bonds is 3. The monoisotopic (exact) mass is 328 g/mol. The van der Waals surface area contributed by atoms with Crippen molar-refractivity contribution in [2.75, 3.05) is 5.32 Å². The Hall–Kier alpha value is -2.18. The van der Waals surface area contributed by atoms with E-state index in [2.05, 4.69) is 10.3 Å². The number of carboxylic acid groups (broad SMARTS) is 1. The second kappa shape index (κ2) is 6.07. The molecule has 2 rings (SSSR count). The van der Waals surface area contributed by atoms with Gasteiger partial charge in [0.25, 0.3) is 5.91 Å². The molecule has 8 heteroatoms. The number of pyridine rings is 1. The molecule has 108 valence electrons. The fourth-order valence-corrected chi connectivity index (χ4v) is 2.12. The van der Waals surface area contributed by atoms with Gasteiger partial charge in [0.1, 0.15) is 5.82 Å². The topological polar surface area (TPSA) is 79.3 Å². The number of carboxylic acids is 1. The summed E-state index contributed by atoms with van der Waals surface area (Å²) >= 11 is 11.8. The molecular weight excluding hydrogens is 322 g/mol. The molecule has 0 bridgehead atoms.